The van der Waals surface area contributed by atoms with Crippen LogP contribution in [0.5, 0.6) is 0 Å². The summed E-state index contributed by atoms with van der Waals surface area (Å²) in [7, 11) is 0. The number of aliphatic imine (C=N–C) groups is 2. The summed E-state index contributed by atoms with van der Waals surface area (Å²) in [5.41, 5.74) is 1.87. The van der Waals surface area contributed by atoms with Gasteiger partial charge in [-0.3, -0.25) is 0 Å². The molecule has 0 aromatic carbocycles. The van der Waals surface area contributed by atoms with Crippen molar-refractivity contribution < 1.29 is 0 Å². The topological polar surface area (TPSA) is 24.7 Å². The third kappa shape index (κ3) is 0.320. The van der Waals surface area contributed by atoms with Crippen molar-refractivity contribution in [1.29, 1.82) is 0 Å². The van der Waals surface area contributed by atoms with Crippen LogP contribution in [0.1, 0.15) is 0 Å². The fraction of sp³-hybridized carbons (Fsp3) is 0. The van der Waals surface area contributed by atoms with Crippen molar-refractivity contribution >= 4 is 12.1 Å². The number of nitrogens with zero attached hydrogens (tertiary/aromatic N) is 2. The van der Waals surface area contributed by atoms with Gasteiger partial charge in [-0.15, -0.1) is 0 Å². The molecule has 37 valence electrons. The van der Waals surface area contributed by atoms with Crippen molar-refractivity contribution in [3.05, 3.63) is 23.9 Å². The molecule has 0 saturated carbocycles. The minimum Gasteiger partial charge on any atom is -0.224 e. The lowest BCUT2D eigenvalue weighted by Gasteiger charge is -1.81. The Labute approximate surface area is 47.0 Å². The maximum absolute atomic E-state index is 3.84. The van der Waals surface area contributed by atoms with Crippen molar-refractivity contribution in [2.75, 3.05) is 0 Å². The first-order chi connectivity index (χ1) is 3.97. The maximum Gasteiger partial charge on any atom is 0.199 e. The molecular formula is C6H3N2. The fourth-order valence-corrected chi connectivity index (χ4v) is 0.723. The van der Waals surface area contributed by atoms with Gasteiger partial charge in [-0.1, -0.05) is 6.08 Å². The van der Waals surface area contributed by atoms with Gasteiger partial charge in [-0.05, 0) is 12.2 Å². The van der Waals surface area contributed by atoms with E-state index in [1.807, 2.05) is 18.2 Å². The summed E-state index contributed by atoms with van der Waals surface area (Å²) >= 11 is 0. The highest BCUT2D eigenvalue weighted by Crippen LogP contribution is 2.12. The van der Waals surface area contributed by atoms with E-state index in [9.17, 15) is 0 Å². The standard InChI is InChI=1S/C6H3N2/c1-2-5-6(3-1)8-4-7-5/h1-3H. The van der Waals surface area contributed by atoms with Crippen molar-refractivity contribution in [2.45, 2.75) is 0 Å². The van der Waals surface area contributed by atoms with Crippen LogP contribution in [-0.2, 0) is 0 Å². The van der Waals surface area contributed by atoms with Gasteiger partial charge in [0.2, 0.25) is 0 Å². The van der Waals surface area contributed by atoms with E-state index in [1.165, 1.54) is 0 Å². The van der Waals surface area contributed by atoms with Gasteiger partial charge < -0.3 is 0 Å². The highest BCUT2D eigenvalue weighted by molar-refractivity contribution is 6.16. The van der Waals surface area contributed by atoms with Crippen LogP contribution in [0.4, 0.5) is 0 Å². The molecule has 0 unspecified atom stereocenters. The first kappa shape index (κ1) is 3.78. The highest BCUT2D eigenvalue weighted by atomic mass is 15.0. The summed E-state index contributed by atoms with van der Waals surface area (Å²) < 4.78 is 0. The molecule has 2 nitrogen and oxygen atoms in total. The molecule has 0 atom stereocenters. The molecule has 0 fully saturated rings. The Bertz CT molecular complexity index is 205. The Morgan fingerprint density at radius 2 is 2.50 bits per heavy atom. The number of hydrogen-bond donors (Lipinski definition) is 0. The van der Waals surface area contributed by atoms with E-state index in [1.54, 1.807) is 0 Å². The normalized spacial score (nSPS) is 21.0. The van der Waals surface area contributed by atoms with E-state index < -0.39 is 0 Å². The van der Waals surface area contributed by atoms with Gasteiger partial charge in [-0.25, -0.2) is 9.98 Å². The molecule has 0 bridgehead atoms. The second-order valence-corrected chi connectivity index (χ2v) is 1.62. The first-order valence-corrected chi connectivity index (χ1v) is 2.39. The van der Waals surface area contributed by atoms with Gasteiger partial charge in [0.15, 0.2) is 6.34 Å². The molecule has 1 radical (unpaired) electrons. The number of fused-ring (bicyclic) bond motifs is 1. The van der Waals surface area contributed by atoms with E-state index >= 15 is 0 Å². The largest absolute Gasteiger partial charge is 0.224 e. The lowest BCUT2D eigenvalue weighted by atomic mass is 10.4. The molecule has 8 heavy (non-hydrogen) atoms. The zero-order valence-corrected chi connectivity index (χ0v) is 4.13. The second kappa shape index (κ2) is 1.15. The Morgan fingerprint density at radius 3 is 3.38 bits per heavy atom. The first-order valence-electron chi connectivity index (χ1n) is 2.39. The van der Waals surface area contributed by atoms with Gasteiger partial charge in [0.1, 0.15) is 0 Å². The van der Waals surface area contributed by atoms with Gasteiger partial charge in [0, 0.05) is 0 Å². The summed E-state index contributed by atoms with van der Waals surface area (Å²) in [6, 6.07) is 0. The third-order valence-corrected chi connectivity index (χ3v) is 1.11. The average molecular weight is 103 g/mol. The van der Waals surface area contributed by atoms with Crippen LogP contribution in [-0.4, -0.2) is 12.1 Å². The van der Waals surface area contributed by atoms with Gasteiger partial charge >= 0.3 is 0 Å². The number of allylic oxidation sites excluding steroid dienone is 3. The van der Waals surface area contributed by atoms with Crippen LogP contribution in [0.25, 0.3) is 0 Å². The van der Waals surface area contributed by atoms with Gasteiger partial charge in [0.25, 0.3) is 0 Å². The number of rotatable bonds is 0. The minimum atomic E-state index is 0.935. The predicted octanol–water partition coefficient (Wildman–Crippen LogP) is 0.800. The smallest absolute Gasteiger partial charge is 0.199 e. The molecule has 0 saturated heterocycles. The second-order valence-electron chi connectivity index (χ2n) is 1.62. The molecule has 2 rings (SSSR count). The monoisotopic (exact) mass is 103 g/mol. The third-order valence-electron chi connectivity index (χ3n) is 1.11. The lowest BCUT2D eigenvalue weighted by Crippen LogP contribution is -1.84. The molecule has 2 aliphatic rings. The molecule has 0 aromatic heterocycles. The summed E-state index contributed by atoms with van der Waals surface area (Å²) in [6.07, 6.45) is 8.28. The Hall–Kier alpha value is -1.18. The zero-order valence-electron chi connectivity index (χ0n) is 4.13. The minimum absolute atomic E-state index is 0.935. The van der Waals surface area contributed by atoms with Crippen molar-refractivity contribution in [2.24, 2.45) is 9.98 Å². The Kier molecular flexibility index (Phi) is 0.545. The van der Waals surface area contributed by atoms with Gasteiger partial charge in [-0.2, -0.15) is 0 Å². The summed E-state index contributed by atoms with van der Waals surface area (Å²) in [5, 5.41) is 0. The SMILES string of the molecule is [C]1=NC2=CC=CC2=N1. The molecule has 0 spiro atoms. The van der Waals surface area contributed by atoms with E-state index in [0.29, 0.717) is 0 Å². The molecule has 2 heteroatoms. The van der Waals surface area contributed by atoms with Crippen LogP contribution in [0.3, 0.4) is 0 Å². The van der Waals surface area contributed by atoms with Crippen molar-refractivity contribution in [3.8, 4) is 0 Å². The molecule has 0 amide bonds. The lowest BCUT2D eigenvalue weighted by molar-refractivity contribution is 1.54. The molecule has 0 N–H and O–H groups in total. The Balaban J connectivity index is 2.59. The van der Waals surface area contributed by atoms with Crippen molar-refractivity contribution in [3.63, 3.8) is 0 Å². The van der Waals surface area contributed by atoms with E-state index in [2.05, 4.69) is 16.3 Å². The fourth-order valence-electron chi connectivity index (χ4n) is 0.723. The molecule has 1 heterocycles. The van der Waals surface area contributed by atoms with Crippen LogP contribution >= 0.6 is 0 Å². The summed E-state index contributed by atoms with van der Waals surface area (Å²) in [5.74, 6) is 0. The van der Waals surface area contributed by atoms with Crippen LogP contribution < -0.4 is 0 Å². The van der Waals surface area contributed by atoms with E-state index in [4.69, 9.17) is 0 Å². The molecule has 1 aliphatic carbocycles. The summed E-state index contributed by atoms with van der Waals surface area (Å²) in [6.45, 7) is 0. The molecule has 0 aromatic rings. The highest BCUT2D eigenvalue weighted by Gasteiger charge is 2.08. The van der Waals surface area contributed by atoms with E-state index in [0.717, 1.165) is 11.4 Å². The molecular weight excluding hydrogens is 100 g/mol. The van der Waals surface area contributed by atoms with E-state index in [-0.39, 0.29) is 0 Å². The predicted molar refractivity (Wildman–Crippen MR) is 32.1 cm³/mol. The van der Waals surface area contributed by atoms with Crippen molar-refractivity contribution in [1.82, 2.24) is 0 Å². The van der Waals surface area contributed by atoms with Crippen LogP contribution in [0.2, 0.25) is 0 Å². The zero-order chi connectivity index (χ0) is 5.40. The maximum atomic E-state index is 3.84. The quantitative estimate of drug-likeness (QED) is 0.433. The average Bonchev–Trinajstić information content (AvgIpc) is 2.15. The van der Waals surface area contributed by atoms with Crippen LogP contribution in [0.15, 0.2) is 33.9 Å². The van der Waals surface area contributed by atoms with Gasteiger partial charge in [0.05, 0.1) is 11.4 Å². The molecule has 1 aliphatic heterocycles. The summed E-state index contributed by atoms with van der Waals surface area (Å²) in [4.78, 5) is 7.69. The van der Waals surface area contributed by atoms with Crippen LogP contribution in [0, 0.1) is 0 Å². The number of hydrogen-bond acceptors (Lipinski definition) is 2. The Morgan fingerprint density at radius 1 is 1.50 bits per heavy atom.